The van der Waals surface area contributed by atoms with E-state index < -0.39 is 0 Å². The zero-order chi connectivity index (χ0) is 9.97. The van der Waals surface area contributed by atoms with Crippen molar-refractivity contribution in [2.45, 2.75) is 6.92 Å². The highest BCUT2D eigenvalue weighted by Crippen LogP contribution is 2.26. The number of anilines is 1. The van der Waals surface area contributed by atoms with E-state index in [1.165, 1.54) is 11.1 Å². The molecule has 2 N–H and O–H groups in total. The van der Waals surface area contributed by atoms with Crippen molar-refractivity contribution < 1.29 is 0 Å². The second-order valence-electron chi connectivity index (χ2n) is 3.46. The molecule has 70 valence electrons. The van der Waals surface area contributed by atoms with Gasteiger partial charge in [-0.1, -0.05) is 42.0 Å². The van der Waals surface area contributed by atoms with Crippen molar-refractivity contribution in [3.8, 4) is 11.1 Å². The van der Waals surface area contributed by atoms with E-state index in [9.17, 15) is 0 Å². The standard InChI is InChI=1S/C13H13N/c1-10-7-8-13(14)12(9-10)11-5-3-2-4-6-11/h2-9H,14H2,1H3. The van der Waals surface area contributed by atoms with Crippen LogP contribution in [-0.4, -0.2) is 0 Å². The van der Waals surface area contributed by atoms with E-state index in [-0.39, 0.29) is 0 Å². The van der Waals surface area contributed by atoms with Crippen molar-refractivity contribution in [3.05, 3.63) is 54.1 Å². The van der Waals surface area contributed by atoms with Gasteiger partial charge >= 0.3 is 0 Å². The number of aryl methyl sites for hydroxylation is 1. The minimum absolute atomic E-state index is 0.835. The molecule has 0 aliphatic rings. The third-order valence-electron chi connectivity index (χ3n) is 2.29. The van der Waals surface area contributed by atoms with E-state index in [0.29, 0.717) is 0 Å². The lowest BCUT2D eigenvalue weighted by Crippen LogP contribution is -1.90. The van der Waals surface area contributed by atoms with Crippen LogP contribution in [0.4, 0.5) is 5.69 Å². The fourth-order valence-electron chi connectivity index (χ4n) is 1.54. The van der Waals surface area contributed by atoms with Crippen LogP contribution in [0.3, 0.4) is 0 Å². The summed E-state index contributed by atoms with van der Waals surface area (Å²) in [5.41, 5.74) is 10.3. The van der Waals surface area contributed by atoms with Gasteiger partial charge in [0, 0.05) is 11.3 Å². The van der Waals surface area contributed by atoms with E-state index >= 15 is 0 Å². The van der Waals surface area contributed by atoms with Crippen LogP contribution in [0.5, 0.6) is 0 Å². The van der Waals surface area contributed by atoms with Crippen LogP contribution in [-0.2, 0) is 0 Å². The van der Waals surface area contributed by atoms with Crippen LogP contribution in [0, 0.1) is 6.92 Å². The summed E-state index contributed by atoms with van der Waals surface area (Å²) in [6.45, 7) is 2.08. The Bertz CT molecular complexity index is 432. The summed E-state index contributed by atoms with van der Waals surface area (Å²) in [7, 11) is 0. The number of nitrogens with two attached hydrogens (primary N) is 1. The number of hydrogen-bond acceptors (Lipinski definition) is 1. The van der Waals surface area contributed by atoms with Crippen molar-refractivity contribution in [1.82, 2.24) is 0 Å². The molecular formula is C13H13N. The average Bonchev–Trinajstić information content (AvgIpc) is 2.23. The van der Waals surface area contributed by atoms with E-state index in [1.54, 1.807) is 0 Å². The largest absolute Gasteiger partial charge is 0.398 e. The van der Waals surface area contributed by atoms with Crippen molar-refractivity contribution in [2.75, 3.05) is 5.73 Å². The van der Waals surface area contributed by atoms with Crippen molar-refractivity contribution in [2.24, 2.45) is 0 Å². The van der Waals surface area contributed by atoms with Gasteiger partial charge < -0.3 is 5.73 Å². The first kappa shape index (κ1) is 8.82. The maximum Gasteiger partial charge on any atom is 0.0393 e. The highest BCUT2D eigenvalue weighted by atomic mass is 14.6. The number of rotatable bonds is 1. The highest BCUT2D eigenvalue weighted by molar-refractivity contribution is 5.76. The van der Waals surface area contributed by atoms with Crippen LogP contribution in [0.2, 0.25) is 0 Å². The smallest absolute Gasteiger partial charge is 0.0393 e. The Morgan fingerprint density at radius 2 is 1.64 bits per heavy atom. The molecule has 0 heterocycles. The maximum atomic E-state index is 5.92. The molecule has 0 saturated heterocycles. The molecule has 1 nitrogen and oxygen atoms in total. The molecule has 0 radical (unpaired) electrons. The predicted octanol–water partition coefficient (Wildman–Crippen LogP) is 3.24. The summed E-state index contributed by atoms with van der Waals surface area (Å²) >= 11 is 0. The van der Waals surface area contributed by atoms with Gasteiger partial charge in [-0.15, -0.1) is 0 Å². The summed E-state index contributed by atoms with van der Waals surface area (Å²) in [5, 5.41) is 0. The van der Waals surface area contributed by atoms with Gasteiger partial charge in [-0.05, 0) is 24.6 Å². The van der Waals surface area contributed by atoms with Gasteiger partial charge in [0.05, 0.1) is 0 Å². The molecule has 0 atom stereocenters. The zero-order valence-electron chi connectivity index (χ0n) is 8.20. The molecule has 0 spiro atoms. The van der Waals surface area contributed by atoms with Gasteiger partial charge in [0.1, 0.15) is 0 Å². The molecule has 0 aromatic heterocycles. The molecule has 2 aromatic rings. The fraction of sp³-hybridized carbons (Fsp3) is 0.0769. The van der Waals surface area contributed by atoms with E-state index in [4.69, 9.17) is 5.73 Å². The second-order valence-corrected chi connectivity index (χ2v) is 3.46. The maximum absolute atomic E-state index is 5.92. The highest BCUT2D eigenvalue weighted by Gasteiger charge is 2.00. The Hall–Kier alpha value is -1.76. The average molecular weight is 183 g/mol. The molecule has 0 aliphatic heterocycles. The number of hydrogen-bond donors (Lipinski definition) is 1. The van der Waals surface area contributed by atoms with E-state index in [1.807, 2.05) is 30.3 Å². The molecule has 14 heavy (non-hydrogen) atoms. The number of nitrogen functional groups attached to an aromatic ring is 1. The third-order valence-corrected chi connectivity index (χ3v) is 2.29. The second kappa shape index (κ2) is 3.54. The molecule has 0 aliphatic carbocycles. The Morgan fingerprint density at radius 1 is 0.929 bits per heavy atom. The Balaban J connectivity index is 2.57. The lowest BCUT2D eigenvalue weighted by Gasteiger charge is -2.06. The summed E-state index contributed by atoms with van der Waals surface area (Å²) in [5.74, 6) is 0. The quantitative estimate of drug-likeness (QED) is 0.675. The minimum atomic E-state index is 0.835. The van der Waals surface area contributed by atoms with Gasteiger partial charge in [-0.25, -0.2) is 0 Å². The molecule has 2 aromatic carbocycles. The molecule has 0 fully saturated rings. The molecule has 0 bridgehead atoms. The normalized spacial score (nSPS) is 10.1. The molecule has 2 rings (SSSR count). The first-order valence-corrected chi connectivity index (χ1v) is 4.69. The van der Waals surface area contributed by atoms with Gasteiger partial charge in [0.25, 0.3) is 0 Å². The van der Waals surface area contributed by atoms with Crippen LogP contribution in [0.15, 0.2) is 48.5 Å². The van der Waals surface area contributed by atoms with E-state index in [0.717, 1.165) is 11.3 Å². The molecule has 1 heteroatoms. The number of benzene rings is 2. The van der Waals surface area contributed by atoms with Gasteiger partial charge in [0.2, 0.25) is 0 Å². The summed E-state index contributed by atoms with van der Waals surface area (Å²) in [6, 6.07) is 16.3. The first-order chi connectivity index (χ1) is 6.77. The molecule has 0 unspecified atom stereocenters. The first-order valence-electron chi connectivity index (χ1n) is 4.69. The van der Waals surface area contributed by atoms with Crippen LogP contribution < -0.4 is 5.73 Å². The van der Waals surface area contributed by atoms with Crippen LogP contribution >= 0.6 is 0 Å². The SMILES string of the molecule is Cc1ccc(N)c(-c2ccccc2)c1. The van der Waals surface area contributed by atoms with Gasteiger partial charge in [-0.2, -0.15) is 0 Å². The topological polar surface area (TPSA) is 26.0 Å². The van der Waals surface area contributed by atoms with Gasteiger partial charge in [-0.3, -0.25) is 0 Å². The monoisotopic (exact) mass is 183 g/mol. The van der Waals surface area contributed by atoms with Crippen LogP contribution in [0.1, 0.15) is 5.56 Å². The van der Waals surface area contributed by atoms with Gasteiger partial charge in [0.15, 0.2) is 0 Å². The van der Waals surface area contributed by atoms with Crippen molar-refractivity contribution >= 4 is 5.69 Å². The predicted molar refractivity (Wildman–Crippen MR) is 61.0 cm³/mol. The minimum Gasteiger partial charge on any atom is -0.398 e. The molecule has 0 saturated carbocycles. The Labute approximate surface area is 84.2 Å². The summed E-state index contributed by atoms with van der Waals surface area (Å²) in [4.78, 5) is 0. The molecular weight excluding hydrogens is 170 g/mol. The lowest BCUT2D eigenvalue weighted by molar-refractivity contribution is 1.47. The fourth-order valence-corrected chi connectivity index (χ4v) is 1.54. The summed E-state index contributed by atoms with van der Waals surface area (Å²) < 4.78 is 0. The lowest BCUT2D eigenvalue weighted by atomic mass is 10.0. The Kier molecular flexibility index (Phi) is 2.23. The molecule has 0 amide bonds. The zero-order valence-corrected chi connectivity index (χ0v) is 8.20. The van der Waals surface area contributed by atoms with Crippen molar-refractivity contribution in [3.63, 3.8) is 0 Å². The summed E-state index contributed by atoms with van der Waals surface area (Å²) in [6.07, 6.45) is 0. The Morgan fingerprint density at radius 3 is 2.36 bits per heavy atom. The van der Waals surface area contributed by atoms with Crippen LogP contribution in [0.25, 0.3) is 11.1 Å². The third kappa shape index (κ3) is 1.62. The van der Waals surface area contributed by atoms with E-state index in [2.05, 4.69) is 25.1 Å². The van der Waals surface area contributed by atoms with Crippen molar-refractivity contribution in [1.29, 1.82) is 0 Å².